The highest BCUT2D eigenvalue weighted by molar-refractivity contribution is 6.30. The number of rotatable bonds is 7. The summed E-state index contributed by atoms with van der Waals surface area (Å²) in [6, 6.07) is 2.27. The minimum Gasteiger partial charge on any atom is -0.475 e. The van der Waals surface area contributed by atoms with Gasteiger partial charge in [-0.2, -0.15) is 28.2 Å². The van der Waals surface area contributed by atoms with Crippen molar-refractivity contribution in [1.29, 1.82) is 0 Å². The maximum Gasteiger partial charge on any atom is 0.417 e. The maximum atomic E-state index is 17.5. The van der Waals surface area contributed by atoms with Crippen LogP contribution in [0.5, 0.6) is 11.9 Å². The number of alkyl halides is 4. The first kappa shape index (κ1) is 37.0. The fourth-order valence-electron chi connectivity index (χ4n) is 9.06. The van der Waals surface area contributed by atoms with Crippen LogP contribution in [0.2, 0.25) is 5.02 Å². The maximum absolute atomic E-state index is 17.5. The van der Waals surface area contributed by atoms with Crippen LogP contribution in [0.1, 0.15) is 74.4 Å². The molecule has 56 heavy (non-hydrogen) atoms. The molecule has 4 aliphatic rings. The Hall–Kier alpha value is -4.61. The zero-order valence-corrected chi connectivity index (χ0v) is 31.4. The lowest BCUT2D eigenvalue weighted by molar-refractivity contribution is -0.137. The zero-order valence-electron chi connectivity index (χ0n) is 30.7. The van der Waals surface area contributed by atoms with E-state index in [0.29, 0.717) is 42.1 Å². The average Bonchev–Trinajstić information content (AvgIpc) is 3.81. The Morgan fingerprint density at radius 1 is 1.11 bits per heavy atom. The number of nitrogens with two attached hydrogens (primary N) is 1. The molecule has 12 nitrogen and oxygen atoms in total. The van der Waals surface area contributed by atoms with E-state index in [2.05, 4.69) is 25.0 Å². The van der Waals surface area contributed by atoms with E-state index >= 15 is 17.6 Å². The molecule has 0 amide bonds. The lowest BCUT2D eigenvalue weighted by Gasteiger charge is -2.32. The summed E-state index contributed by atoms with van der Waals surface area (Å²) in [6.45, 7) is 4.83. The van der Waals surface area contributed by atoms with Gasteiger partial charge in [0, 0.05) is 42.3 Å². The molecular weight excluding hydrogens is 761 g/mol. The Balaban J connectivity index is 1.26. The normalized spacial score (nSPS) is 23.4. The molecule has 2 N–H and O–H groups in total. The van der Waals surface area contributed by atoms with Crippen LogP contribution < -0.4 is 20.1 Å². The van der Waals surface area contributed by atoms with Crippen molar-refractivity contribution in [2.45, 2.75) is 82.5 Å². The number of anilines is 2. The molecule has 0 bridgehead atoms. The SMILES string of the molecule is Cc1cc2c(cnn2C2CCCCO2)c(-c2nc3c4c(nc(OC[C@@]56CCCN5C[C@H](F)C6)nc4c2F)N([C@H](C)c2cc(Cl)cnc2N)CCO3)c1C(F)(F)F. The van der Waals surface area contributed by atoms with Crippen LogP contribution in [0, 0.1) is 12.7 Å². The molecule has 296 valence electrons. The Morgan fingerprint density at radius 3 is 2.73 bits per heavy atom. The van der Waals surface area contributed by atoms with Crippen LogP contribution in [0.25, 0.3) is 33.1 Å². The van der Waals surface area contributed by atoms with E-state index in [0.717, 1.165) is 19.3 Å². The molecular formula is C38H39ClF5N9O3. The predicted octanol–water partition coefficient (Wildman–Crippen LogP) is 7.75. The summed E-state index contributed by atoms with van der Waals surface area (Å²) in [5, 5.41) is 4.87. The molecule has 0 spiro atoms. The molecule has 8 heterocycles. The van der Waals surface area contributed by atoms with Gasteiger partial charge in [0.15, 0.2) is 12.0 Å². The molecule has 9 rings (SSSR count). The van der Waals surface area contributed by atoms with Crippen molar-refractivity contribution in [3.05, 3.63) is 52.1 Å². The van der Waals surface area contributed by atoms with Gasteiger partial charge in [-0.15, -0.1) is 0 Å². The summed E-state index contributed by atoms with van der Waals surface area (Å²) in [6.07, 6.45) is 0.442. The second-order valence-corrected chi connectivity index (χ2v) is 15.6. The molecule has 4 aliphatic heterocycles. The van der Waals surface area contributed by atoms with Crippen LogP contribution in [-0.4, -0.2) is 85.8 Å². The fourth-order valence-corrected chi connectivity index (χ4v) is 9.23. The van der Waals surface area contributed by atoms with Gasteiger partial charge in [-0.25, -0.2) is 23.4 Å². The van der Waals surface area contributed by atoms with E-state index in [9.17, 15) is 4.39 Å². The Kier molecular flexibility index (Phi) is 9.11. The number of hydrogen-bond donors (Lipinski definition) is 1. The minimum absolute atomic E-state index is 0.0137. The largest absolute Gasteiger partial charge is 0.475 e. The Morgan fingerprint density at radius 2 is 1.95 bits per heavy atom. The highest BCUT2D eigenvalue weighted by atomic mass is 35.5. The average molecular weight is 800 g/mol. The van der Waals surface area contributed by atoms with Crippen LogP contribution in [-0.2, 0) is 10.9 Å². The van der Waals surface area contributed by atoms with Gasteiger partial charge in [0.1, 0.15) is 47.6 Å². The molecule has 1 unspecified atom stereocenters. The highest BCUT2D eigenvalue weighted by Crippen LogP contribution is 2.48. The summed E-state index contributed by atoms with van der Waals surface area (Å²) in [5.41, 5.74) is 3.93. The summed E-state index contributed by atoms with van der Waals surface area (Å²) in [4.78, 5) is 21.9. The standard InChI is InChI=1S/C38H39ClF5N9O3/c1-19-12-25-24(16-47-53(25)26-6-3-4-10-54-26)27(29(19)38(42,43)44)31-30(41)32-28-34(50-36(49-32)56-18-37-7-5-8-51(37)17-22(40)14-37)52(9-11-55-35(28)48-31)20(2)23-13-21(39)15-46-33(23)45/h12-13,15-16,20,22,26H,3-11,14,17-18H2,1-2H3,(H2,45,46)/t20-,22-,26?,37+/m1/s1. The number of pyridine rings is 2. The van der Waals surface area contributed by atoms with Gasteiger partial charge < -0.3 is 24.8 Å². The zero-order chi connectivity index (χ0) is 39.1. The minimum atomic E-state index is -4.90. The van der Waals surface area contributed by atoms with Gasteiger partial charge in [-0.1, -0.05) is 11.6 Å². The number of ether oxygens (including phenoxy) is 3. The molecule has 3 saturated heterocycles. The number of halogens is 6. The summed E-state index contributed by atoms with van der Waals surface area (Å²) < 4.78 is 97.5. The van der Waals surface area contributed by atoms with Crippen molar-refractivity contribution in [3.63, 3.8) is 0 Å². The monoisotopic (exact) mass is 799 g/mol. The van der Waals surface area contributed by atoms with Crippen molar-refractivity contribution < 1.29 is 36.2 Å². The van der Waals surface area contributed by atoms with Crippen molar-refractivity contribution in [3.8, 4) is 23.1 Å². The quantitative estimate of drug-likeness (QED) is 0.162. The van der Waals surface area contributed by atoms with Crippen molar-refractivity contribution >= 4 is 45.0 Å². The highest BCUT2D eigenvalue weighted by Gasteiger charge is 2.49. The number of nitrogens with zero attached hydrogens (tertiary/aromatic N) is 8. The van der Waals surface area contributed by atoms with Crippen LogP contribution in [0.3, 0.4) is 0 Å². The van der Waals surface area contributed by atoms with E-state index < -0.39 is 52.8 Å². The second-order valence-electron chi connectivity index (χ2n) is 15.1. The van der Waals surface area contributed by atoms with Crippen LogP contribution >= 0.6 is 11.6 Å². The van der Waals surface area contributed by atoms with Gasteiger partial charge in [0.25, 0.3) is 0 Å². The molecule has 4 aromatic heterocycles. The summed E-state index contributed by atoms with van der Waals surface area (Å²) in [5.74, 6) is -0.931. The molecule has 0 saturated carbocycles. The number of nitrogen functional groups attached to an aromatic ring is 1. The van der Waals surface area contributed by atoms with E-state index in [-0.39, 0.29) is 78.1 Å². The topological polar surface area (TPSA) is 130 Å². The molecule has 0 aliphatic carbocycles. The van der Waals surface area contributed by atoms with E-state index in [1.165, 1.54) is 25.4 Å². The van der Waals surface area contributed by atoms with Gasteiger partial charge in [0.05, 0.1) is 40.4 Å². The van der Waals surface area contributed by atoms with Crippen molar-refractivity contribution in [2.24, 2.45) is 0 Å². The smallest absolute Gasteiger partial charge is 0.417 e. The van der Waals surface area contributed by atoms with Crippen LogP contribution in [0.15, 0.2) is 24.5 Å². The Bertz CT molecular complexity index is 2360. The van der Waals surface area contributed by atoms with Gasteiger partial charge in [-0.05, 0) is 70.2 Å². The summed E-state index contributed by atoms with van der Waals surface area (Å²) in [7, 11) is 0. The molecule has 0 radical (unpaired) electrons. The van der Waals surface area contributed by atoms with Crippen molar-refractivity contribution in [2.75, 3.05) is 50.1 Å². The lowest BCUT2D eigenvalue weighted by atomic mass is 9.94. The number of fused-ring (bicyclic) bond motifs is 2. The van der Waals surface area contributed by atoms with Crippen molar-refractivity contribution in [1.82, 2.24) is 34.6 Å². The molecule has 18 heteroatoms. The third-order valence-electron chi connectivity index (χ3n) is 11.7. The number of aryl methyl sites for hydroxylation is 1. The lowest BCUT2D eigenvalue weighted by Crippen LogP contribution is -2.43. The molecule has 3 fully saturated rings. The first-order chi connectivity index (χ1) is 26.8. The number of aromatic nitrogens is 6. The second kappa shape index (κ2) is 13.8. The van der Waals surface area contributed by atoms with Gasteiger partial charge >= 0.3 is 12.2 Å². The molecule has 5 aromatic rings. The van der Waals surface area contributed by atoms with E-state index in [4.69, 9.17) is 36.5 Å². The number of hydrogen-bond acceptors (Lipinski definition) is 11. The predicted molar refractivity (Wildman–Crippen MR) is 198 cm³/mol. The van der Waals surface area contributed by atoms with E-state index in [1.54, 1.807) is 15.6 Å². The Labute approximate surface area is 323 Å². The van der Waals surface area contributed by atoms with Gasteiger partial charge in [0.2, 0.25) is 5.88 Å². The fraction of sp³-hybridized carbons (Fsp3) is 0.500. The molecule has 1 aromatic carbocycles. The molecule has 4 atom stereocenters. The number of benzene rings is 1. The first-order valence-corrected chi connectivity index (χ1v) is 19.1. The van der Waals surface area contributed by atoms with Crippen LogP contribution in [0.4, 0.5) is 33.6 Å². The van der Waals surface area contributed by atoms with E-state index in [1.807, 2.05) is 6.92 Å². The third-order valence-corrected chi connectivity index (χ3v) is 11.9. The third kappa shape index (κ3) is 6.13. The first-order valence-electron chi connectivity index (χ1n) is 18.8. The summed E-state index contributed by atoms with van der Waals surface area (Å²) >= 11 is 6.33. The van der Waals surface area contributed by atoms with Gasteiger partial charge in [-0.3, -0.25) is 4.90 Å².